The largest absolute Gasteiger partial charge is 0.439 e. The van der Waals surface area contributed by atoms with E-state index in [1.807, 2.05) is 25.1 Å². The Bertz CT molecular complexity index is 1640. The van der Waals surface area contributed by atoms with Crippen LogP contribution in [0.25, 0.3) is 49.4 Å². The molecule has 0 unspecified atom stereocenters. The van der Waals surface area contributed by atoms with Gasteiger partial charge in [0.1, 0.15) is 5.69 Å². The minimum absolute atomic E-state index is 0.104. The Morgan fingerprint density at radius 3 is 2.13 bits per heavy atom. The number of hydrogen-bond acceptors (Lipinski definition) is 1. The van der Waals surface area contributed by atoms with Crippen molar-refractivity contribution in [3.63, 3.8) is 0 Å². The molecule has 0 aliphatic heterocycles. The monoisotopic (exact) mass is 416 g/mol. The molecule has 0 bridgehead atoms. The first-order valence-electron chi connectivity index (χ1n) is 9.98. The predicted octanol–water partition coefficient (Wildman–Crippen LogP) is 6.05. The van der Waals surface area contributed by atoms with Crippen LogP contribution in [0.5, 0.6) is 0 Å². The van der Waals surface area contributed by atoms with Gasteiger partial charge in [-0.3, -0.25) is 0 Å². The smallest absolute Gasteiger partial charge is 0.302 e. The van der Waals surface area contributed by atoms with E-state index in [2.05, 4.69) is 33.8 Å². The highest BCUT2D eigenvalue weighted by molar-refractivity contribution is 6.17. The summed E-state index contributed by atoms with van der Waals surface area (Å²) >= 11 is 0. The van der Waals surface area contributed by atoms with Gasteiger partial charge in [-0.2, -0.15) is 13.2 Å². The molecular formula is C25H17F3N3+. The predicted molar refractivity (Wildman–Crippen MR) is 115 cm³/mol. The molecule has 3 nitrogen and oxygen atoms in total. The van der Waals surface area contributed by atoms with Gasteiger partial charge in [0.05, 0.1) is 16.4 Å². The van der Waals surface area contributed by atoms with E-state index in [9.17, 15) is 13.2 Å². The number of halogens is 3. The van der Waals surface area contributed by atoms with Gasteiger partial charge >= 0.3 is 6.18 Å². The van der Waals surface area contributed by atoms with Crippen LogP contribution in [0.1, 0.15) is 11.3 Å². The van der Waals surface area contributed by atoms with Crippen LogP contribution in [0.4, 0.5) is 13.2 Å². The number of benzene rings is 3. The lowest BCUT2D eigenvalue weighted by molar-refractivity contribution is -0.720. The van der Waals surface area contributed by atoms with Gasteiger partial charge in [0.25, 0.3) is 5.69 Å². The van der Waals surface area contributed by atoms with Crippen LogP contribution >= 0.6 is 0 Å². The summed E-state index contributed by atoms with van der Waals surface area (Å²) < 4.78 is 44.8. The zero-order valence-corrected chi connectivity index (χ0v) is 16.8. The number of aromatic nitrogens is 3. The van der Waals surface area contributed by atoms with E-state index >= 15 is 0 Å². The molecule has 0 saturated heterocycles. The summed E-state index contributed by atoms with van der Waals surface area (Å²) in [6, 6.07) is 21.0. The molecular weight excluding hydrogens is 399 g/mol. The van der Waals surface area contributed by atoms with Crippen molar-refractivity contribution < 1.29 is 17.9 Å². The molecule has 0 N–H and O–H groups in total. The number of fused-ring (bicyclic) bond motifs is 4. The highest BCUT2D eigenvalue weighted by Gasteiger charge is 2.40. The molecule has 0 aliphatic carbocycles. The molecule has 0 radical (unpaired) electrons. The standard InChI is InChI=1S/C25H17F3N3/c1-14-15-11-7-12-17-16-8-5-6-13-20(16)31(22(15)17)21(14)23-18-9-3-4-10-19(18)24(25(26,27)28)29-30(23)2/h3-13H,1-2H3/q+1. The van der Waals surface area contributed by atoms with Crippen molar-refractivity contribution in [3.8, 4) is 11.4 Å². The summed E-state index contributed by atoms with van der Waals surface area (Å²) in [4.78, 5) is 0. The van der Waals surface area contributed by atoms with E-state index < -0.39 is 11.9 Å². The molecule has 0 atom stereocenters. The summed E-state index contributed by atoms with van der Waals surface area (Å²) in [5.74, 6) is 0. The van der Waals surface area contributed by atoms with Crippen molar-refractivity contribution in [2.75, 3.05) is 0 Å². The number of aryl methyl sites for hydroxylation is 2. The van der Waals surface area contributed by atoms with E-state index in [0.29, 0.717) is 11.1 Å². The van der Waals surface area contributed by atoms with Crippen molar-refractivity contribution in [3.05, 3.63) is 78.0 Å². The first kappa shape index (κ1) is 18.1. The molecule has 3 aromatic carbocycles. The minimum atomic E-state index is -4.54. The first-order valence-corrected chi connectivity index (χ1v) is 9.98. The van der Waals surface area contributed by atoms with Crippen molar-refractivity contribution >= 4 is 38.0 Å². The number of nitrogens with zero attached hydrogens (tertiary/aromatic N) is 3. The Hall–Kier alpha value is -3.67. The molecule has 6 rings (SSSR count). The fraction of sp³-hybridized carbons (Fsp3) is 0.120. The van der Waals surface area contributed by atoms with E-state index in [0.717, 1.165) is 38.4 Å². The summed E-state index contributed by atoms with van der Waals surface area (Å²) in [5.41, 5.74) is 3.80. The van der Waals surface area contributed by atoms with Crippen molar-refractivity contribution in [1.29, 1.82) is 0 Å². The van der Waals surface area contributed by atoms with Crippen LogP contribution in [0.2, 0.25) is 0 Å². The second kappa shape index (κ2) is 5.94. The number of para-hydroxylation sites is 2. The van der Waals surface area contributed by atoms with E-state index in [4.69, 9.17) is 0 Å². The van der Waals surface area contributed by atoms with Gasteiger partial charge in [-0.25, -0.2) is 0 Å². The second-order valence-corrected chi connectivity index (χ2v) is 7.89. The van der Waals surface area contributed by atoms with Gasteiger partial charge in [-0.15, -0.1) is 0 Å². The number of alkyl halides is 3. The molecule has 0 spiro atoms. The Labute approximate surface area is 175 Å². The summed E-state index contributed by atoms with van der Waals surface area (Å²) in [6.07, 6.45) is -4.54. The molecule has 152 valence electrons. The number of hydrogen-bond donors (Lipinski definition) is 0. The van der Waals surface area contributed by atoms with Crippen molar-refractivity contribution in [2.24, 2.45) is 7.05 Å². The lowest BCUT2D eigenvalue weighted by Crippen LogP contribution is -2.39. The van der Waals surface area contributed by atoms with E-state index in [1.165, 1.54) is 10.7 Å². The molecule has 31 heavy (non-hydrogen) atoms. The molecule has 3 aromatic heterocycles. The van der Waals surface area contributed by atoms with Crippen LogP contribution in [0, 0.1) is 6.92 Å². The second-order valence-electron chi connectivity index (χ2n) is 7.89. The topological polar surface area (TPSA) is 21.2 Å². The van der Waals surface area contributed by atoms with Gasteiger partial charge in [-0.1, -0.05) is 59.3 Å². The van der Waals surface area contributed by atoms with Gasteiger partial charge in [0.2, 0.25) is 5.69 Å². The fourth-order valence-corrected chi connectivity index (χ4v) is 4.95. The third-order valence-electron chi connectivity index (χ3n) is 6.18. The molecule has 6 heteroatoms. The molecule has 0 fully saturated rings. The quantitative estimate of drug-likeness (QED) is 0.299. The lowest BCUT2D eigenvalue weighted by Gasteiger charge is -2.11. The molecule has 0 amide bonds. The molecule has 0 aliphatic rings. The van der Waals surface area contributed by atoms with E-state index in [-0.39, 0.29) is 5.39 Å². The summed E-state index contributed by atoms with van der Waals surface area (Å²) in [7, 11) is 1.59. The normalized spacial score (nSPS) is 12.7. The average Bonchev–Trinajstić information content (AvgIpc) is 3.24. The van der Waals surface area contributed by atoms with Gasteiger partial charge in [0, 0.05) is 26.6 Å². The Balaban J connectivity index is 1.87. The molecule has 6 aromatic rings. The van der Waals surface area contributed by atoms with Crippen LogP contribution in [-0.2, 0) is 13.2 Å². The van der Waals surface area contributed by atoms with Crippen LogP contribution < -0.4 is 4.68 Å². The minimum Gasteiger partial charge on any atom is -0.302 e. The Morgan fingerprint density at radius 1 is 0.774 bits per heavy atom. The summed E-state index contributed by atoms with van der Waals surface area (Å²) in [6.45, 7) is 2.03. The Kier molecular flexibility index (Phi) is 3.47. The molecule has 0 saturated carbocycles. The molecule has 3 heterocycles. The zero-order valence-electron chi connectivity index (χ0n) is 16.8. The average molecular weight is 416 g/mol. The van der Waals surface area contributed by atoms with Gasteiger partial charge < -0.3 is 4.40 Å². The third-order valence-corrected chi connectivity index (χ3v) is 6.18. The zero-order chi connectivity index (χ0) is 21.5. The van der Waals surface area contributed by atoms with Crippen LogP contribution in [-0.4, -0.2) is 9.50 Å². The number of rotatable bonds is 1. The SMILES string of the molecule is Cc1c(-c2c3ccccc3c(C(F)(F)F)n[n+]2C)n2c3ccccc3c3cccc1c32. The maximum Gasteiger partial charge on any atom is 0.439 e. The van der Waals surface area contributed by atoms with Crippen molar-refractivity contribution in [1.82, 2.24) is 9.50 Å². The third kappa shape index (κ3) is 2.30. The van der Waals surface area contributed by atoms with Crippen LogP contribution in [0.15, 0.2) is 66.7 Å². The first-order chi connectivity index (χ1) is 14.9. The maximum atomic E-state index is 13.7. The van der Waals surface area contributed by atoms with Crippen molar-refractivity contribution in [2.45, 2.75) is 13.1 Å². The summed E-state index contributed by atoms with van der Waals surface area (Å²) in [5, 5.41) is 7.96. The fourth-order valence-electron chi connectivity index (χ4n) is 4.95. The maximum absolute atomic E-state index is 13.7. The van der Waals surface area contributed by atoms with Crippen LogP contribution in [0.3, 0.4) is 0 Å². The highest BCUT2D eigenvalue weighted by Crippen LogP contribution is 2.42. The van der Waals surface area contributed by atoms with Gasteiger partial charge in [-0.05, 0) is 24.6 Å². The highest BCUT2D eigenvalue weighted by atomic mass is 19.4. The Morgan fingerprint density at radius 2 is 1.39 bits per heavy atom. The lowest BCUT2D eigenvalue weighted by atomic mass is 10.0. The van der Waals surface area contributed by atoms with E-state index in [1.54, 1.807) is 25.2 Å². The van der Waals surface area contributed by atoms with Gasteiger partial charge in [0.15, 0.2) is 7.05 Å².